The van der Waals surface area contributed by atoms with Crippen molar-refractivity contribution in [3.63, 3.8) is 0 Å². The van der Waals surface area contributed by atoms with Crippen molar-refractivity contribution in [3.8, 4) is 0 Å². The number of rotatable bonds is 8. The minimum absolute atomic E-state index is 0.0846. The third-order valence-corrected chi connectivity index (χ3v) is 21.5. The van der Waals surface area contributed by atoms with E-state index in [1.165, 1.54) is 24.3 Å². The topological polar surface area (TPSA) is 86.7 Å². The van der Waals surface area contributed by atoms with Gasteiger partial charge in [0.2, 0.25) is 0 Å². The van der Waals surface area contributed by atoms with Crippen LogP contribution in [0.1, 0.15) is 0 Å². The van der Waals surface area contributed by atoms with E-state index in [4.69, 9.17) is 5.04 Å². The van der Waals surface area contributed by atoms with E-state index in [0.717, 1.165) is 0 Å². The van der Waals surface area contributed by atoms with Crippen molar-refractivity contribution in [2.75, 3.05) is 0 Å². The molecule has 0 fully saturated rings. The minimum atomic E-state index is -5.41. The van der Waals surface area contributed by atoms with Gasteiger partial charge in [0.05, 0.1) is 0 Å². The van der Waals surface area contributed by atoms with Crippen LogP contribution in [0, 0.1) is 0 Å². The van der Waals surface area contributed by atoms with Crippen molar-refractivity contribution in [1.29, 1.82) is 0 Å². The molecule has 33 heavy (non-hydrogen) atoms. The molecule has 0 atom stereocenters. The van der Waals surface area contributed by atoms with Crippen LogP contribution in [0.5, 0.6) is 0 Å². The van der Waals surface area contributed by atoms with Gasteiger partial charge in [-0.3, -0.25) is 0 Å². The molecular formula is C24H20O6S2Sn. The molecule has 168 valence electrons. The number of hydrogen-bond donors (Lipinski definition) is 0. The van der Waals surface area contributed by atoms with Crippen molar-refractivity contribution in [2.45, 2.75) is 9.79 Å². The zero-order chi connectivity index (χ0) is 23.4. The standard InChI is InChI=1S/2C6H6O3S.2C6H5.Sn/c2*7-10(8,9)6-4-2-1-3-5-6;2*1-2-4-6-5-3-1;/h2*1-5H,(H,7,8,9);2*1-5H;/q;;;;+2/p-2. The average Bonchev–Trinajstić information content (AvgIpc) is 2.85. The Bertz CT molecular complexity index is 1300. The Morgan fingerprint density at radius 3 is 1.00 bits per heavy atom. The summed E-state index contributed by atoms with van der Waals surface area (Å²) in [5, 5.41) is 0. The van der Waals surface area contributed by atoms with Gasteiger partial charge in [-0.1, -0.05) is 0 Å². The molecule has 0 amide bonds. The monoisotopic (exact) mass is 588 g/mol. The molecule has 0 aliphatic carbocycles. The van der Waals surface area contributed by atoms with E-state index in [-0.39, 0.29) is 9.79 Å². The summed E-state index contributed by atoms with van der Waals surface area (Å²) in [6.45, 7) is 0. The van der Waals surface area contributed by atoms with Crippen LogP contribution in [0.4, 0.5) is 0 Å². The summed E-state index contributed by atoms with van der Waals surface area (Å²) in [5.41, 5.74) is 0. The Labute approximate surface area is 198 Å². The Kier molecular flexibility index (Phi) is 7.01. The molecule has 0 heterocycles. The van der Waals surface area contributed by atoms with Crippen LogP contribution < -0.4 is 7.16 Å². The van der Waals surface area contributed by atoms with Crippen LogP contribution in [0.2, 0.25) is 0 Å². The van der Waals surface area contributed by atoms with E-state index in [1.807, 2.05) is 0 Å². The Hall–Kier alpha value is -2.50. The molecule has 0 aliphatic heterocycles. The van der Waals surface area contributed by atoms with Crippen molar-refractivity contribution in [2.24, 2.45) is 0 Å². The van der Waals surface area contributed by atoms with E-state index < -0.39 is 39.4 Å². The molecule has 4 aromatic rings. The first-order valence-corrected chi connectivity index (χ1v) is 18.0. The van der Waals surface area contributed by atoms with E-state index in [1.54, 1.807) is 97.1 Å². The molecule has 0 N–H and O–H groups in total. The fourth-order valence-corrected chi connectivity index (χ4v) is 21.1. The van der Waals surface area contributed by atoms with Gasteiger partial charge in [0, 0.05) is 0 Å². The van der Waals surface area contributed by atoms with Crippen LogP contribution >= 0.6 is 0 Å². The van der Waals surface area contributed by atoms with Gasteiger partial charge in [0.1, 0.15) is 0 Å². The van der Waals surface area contributed by atoms with Crippen LogP contribution in [-0.2, 0) is 25.3 Å². The molecule has 6 nitrogen and oxygen atoms in total. The molecular weight excluding hydrogens is 567 g/mol. The summed E-state index contributed by atoms with van der Waals surface area (Å²) >= 11 is -5.41. The van der Waals surface area contributed by atoms with E-state index in [9.17, 15) is 16.8 Å². The molecule has 4 rings (SSSR count). The van der Waals surface area contributed by atoms with Crippen molar-refractivity contribution in [1.82, 2.24) is 0 Å². The molecule has 0 bridgehead atoms. The van der Waals surface area contributed by atoms with E-state index in [0.29, 0.717) is 7.16 Å². The van der Waals surface area contributed by atoms with Gasteiger partial charge in [0.15, 0.2) is 0 Å². The normalized spacial score (nSPS) is 12.4. The van der Waals surface area contributed by atoms with Gasteiger partial charge in [-0.05, 0) is 0 Å². The maximum absolute atomic E-state index is 13.4. The summed E-state index contributed by atoms with van der Waals surface area (Å²) in [4.78, 5) is -0.169. The maximum atomic E-state index is 13.4. The molecule has 0 radical (unpaired) electrons. The van der Waals surface area contributed by atoms with Gasteiger partial charge in [-0.15, -0.1) is 0 Å². The van der Waals surface area contributed by atoms with Crippen molar-refractivity contribution >= 4 is 46.6 Å². The third kappa shape index (κ3) is 5.20. The number of benzene rings is 4. The molecule has 0 unspecified atom stereocenters. The van der Waals surface area contributed by atoms with Crippen molar-refractivity contribution < 1.29 is 21.9 Å². The van der Waals surface area contributed by atoms with Gasteiger partial charge < -0.3 is 0 Å². The molecule has 0 aliphatic rings. The summed E-state index contributed by atoms with van der Waals surface area (Å²) in [5.74, 6) is 0. The predicted molar refractivity (Wildman–Crippen MR) is 127 cm³/mol. The van der Waals surface area contributed by atoms with Crippen LogP contribution in [0.25, 0.3) is 0 Å². The summed E-state index contributed by atoms with van der Waals surface area (Å²) < 4.78 is 66.1. The summed E-state index contributed by atoms with van der Waals surface area (Å²) in [6.07, 6.45) is 0. The first kappa shape index (κ1) is 23.7. The van der Waals surface area contributed by atoms with Gasteiger partial charge in [-0.2, -0.15) is 0 Å². The summed E-state index contributed by atoms with van der Waals surface area (Å²) in [7, 11) is -8.73. The van der Waals surface area contributed by atoms with Gasteiger partial charge in [-0.25, -0.2) is 0 Å². The third-order valence-electron chi connectivity index (χ3n) is 4.83. The fraction of sp³-hybridized carbons (Fsp3) is 0. The molecule has 0 aromatic heterocycles. The number of hydrogen-bond acceptors (Lipinski definition) is 6. The van der Waals surface area contributed by atoms with Gasteiger partial charge in [0.25, 0.3) is 0 Å². The van der Waals surface area contributed by atoms with Crippen molar-refractivity contribution in [3.05, 3.63) is 121 Å². The molecule has 4 aromatic carbocycles. The molecule has 0 saturated carbocycles. The zero-order valence-electron chi connectivity index (χ0n) is 17.3. The van der Waals surface area contributed by atoms with Crippen LogP contribution in [-0.4, -0.2) is 36.0 Å². The fourth-order valence-electron chi connectivity index (χ4n) is 3.27. The Morgan fingerprint density at radius 2 is 0.697 bits per heavy atom. The second-order valence-corrected chi connectivity index (χ2v) is 19.8. The zero-order valence-corrected chi connectivity index (χ0v) is 21.8. The Balaban J connectivity index is 1.96. The average molecular weight is 587 g/mol. The van der Waals surface area contributed by atoms with Gasteiger partial charge >= 0.3 is 200 Å². The SMILES string of the molecule is O=S(=O)([O][Sn]([O]S(=O)(=O)c1ccccc1)([c]1ccccc1)[c]1ccccc1)c1ccccc1. The second-order valence-electron chi connectivity index (χ2n) is 7.05. The second kappa shape index (κ2) is 9.78. The first-order chi connectivity index (χ1) is 15.8. The van der Waals surface area contributed by atoms with Crippen LogP contribution in [0.3, 0.4) is 0 Å². The van der Waals surface area contributed by atoms with Crippen LogP contribution in [0.15, 0.2) is 131 Å². The first-order valence-electron chi connectivity index (χ1n) is 9.96. The molecule has 9 heteroatoms. The molecule has 0 spiro atoms. The molecule has 0 saturated heterocycles. The van der Waals surface area contributed by atoms with E-state index >= 15 is 0 Å². The van der Waals surface area contributed by atoms with E-state index in [2.05, 4.69) is 0 Å². The predicted octanol–water partition coefficient (Wildman–Crippen LogP) is 3.05. The quantitative estimate of drug-likeness (QED) is 0.295. The summed E-state index contributed by atoms with van der Waals surface area (Å²) in [6, 6.07) is 32.1. The Morgan fingerprint density at radius 1 is 0.424 bits per heavy atom.